The Morgan fingerprint density at radius 1 is 1.00 bits per heavy atom. The Morgan fingerprint density at radius 2 is 1.82 bits per heavy atom. The van der Waals surface area contributed by atoms with Gasteiger partial charge in [0.15, 0.2) is 0 Å². The summed E-state index contributed by atoms with van der Waals surface area (Å²) in [5, 5.41) is 4.58. The molecule has 0 fully saturated rings. The summed E-state index contributed by atoms with van der Waals surface area (Å²) in [6, 6.07) is 19.9. The molecule has 2 aromatic carbocycles. The van der Waals surface area contributed by atoms with Gasteiger partial charge in [-0.05, 0) is 54.3 Å². The van der Waals surface area contributed by atoms with Crippen molar-refractivity contribution in [1.82, 2.24) is 14.9 Å². The Kier molecular flexibility index (Phi) is 6.17. The smallest absolute Gasteiger partial charge is 0.229 e. The van der Waals surface area contributed by atoms with Crippen LogP contribution in [-0.2, 0) is 29.4 Å². The van der Waals surface area contributed by atoms with E-state index in [4.69, 9.17) is 0 Å². The molecule has 0 saturated heterocycles. The number of nitrogens with zero attached hydrogens (tertiary/aromatic N) is 3. The van der Waals surface area contributed by atoms with Gasteiger partial charge in [0.1, 0.15) is 5.82 Å². The fourth-order valence-electron chi connectivity index (χ4n) is 4.36. The largest absolute Gasteiger partial charge is 0.339 e. The lowest BCUT2D eigenvalue weighted by Crippen LogP contribution is -2.32. The van der Waals surface area contributed by atoms with E-state index in [9.17, 15) is 8.42 Å². The highest BCUT2D eigenvalue weighted by molar-refractivity contribution is 7.92. The number of nitrogens with one attached hydrogen (secondary N) is 2. The van der Waals surface area contributed by atoms with Gasteiger partial charge in [0.2, 0.25) is 10.0 Å². The van der Waals surface area contributed by atoms with E-state index in [-0.39, 0.29) is 0 Å². The number of para-hydroxylation sites is 1. The standard InChI is InChI=1S/C26H27N5O2S/c1-34(32,33)30-22-8-6-19(7-9-22)11-14-31-15-12-24-21(18-31)10-13-27-26(24)29-23-16-20-4-2-3-5-25(20)28-17-23/h2-10,13,16-17,30H,11-12,14-15,18H2,1H3,(H,27,29). The van der Waals surface area contributed by atoms with Crippen molar-refractivity contribution in [2.75, 3.05) is 29.4 Å². The summed E-state index contributed by atoms with van der Waals surface area (Å²) in [7, 11) is -3.25. The third kappa shape index (κ3) is 5.35. The zero-order valence-electron chi connectivity index (χ0n) is 19.0. The average Bonchev–Trinajstić information content (AvgIpc) is 2.83. The highest BCUT2D eigenvalue weighted by Crippen LogP contribution is 2.27. The topological polar surface area (TPSA) is 87.2 Å². The van der Waals surface area contributed by atoms with Crippen LogP contribution in [0.15, 0.2) is 73.1 Å². The number of aromatic nitrogens is 2. The summed E-state index contributed by atoms with van der Waals surface area (Å²) >= 11 is 0. The Labute approximate surface area is 199 Å². The van der Waals surface area contributed by atoms with Gasteiger partial charge in [-0.15, -0.1) is 0 Å². The lowest BCUT2D eigenvalue weighted by atomic mass is 10.00. The van der Waals surface area contributed by atoms with E-state index < -0.39 is 10.0 Å². The molecule has 3 heterocycles. The van der Waals surface area contributed by atoms with Crippen molar-refractivity contribution in [1.29, 1.82) is 0 Å². The molecule has 2 N–H and O–H groups in total. The van der Waals surface area contributed by atoms with Crippen LogP contribution < -0.4 is 10.0 Å². The van der Waals surface area contributed by atoms with E-state index in [0.717, 1.165) is 61.1 Å². The zero-order valence-corrected chi connectivity index (χ0v) is 19.8. The molecule has 0 amide bonds. The summed E-state index contributed by atoms with van der Waals surface area (Å²) in [6.07, 6.45) is 6.73. The molecule has 7 nitrogen and oxygen atoms in total. The fraction of sp³-hybridized carbons (Fsp3) is 0.231. The maximum Gasteiger partial charge on any atom is 0.229 e. The van der Waals surface area contributed by atoms with E-state index in [2.05, 4.69) is 43.1 Å². The van der Waals surface area contributed by atoms with Crippen molar-refractivity contribution < 1.29 is 8.42 Å². The number of pyridine rings is 2. The van der Waals surface area contributed by atoms with Crippen LogP contribution in [0.5, 0.6) is 0 Å². The predicted octanol–water partition coefficient (Wildman–Crippen LogP) is 4.35. The Morgan fingerprint density at radius 3 is 2.65 bits per heavy atom. The molecule has 0 atom stereocenters. The highest BCUT2D eigenvalue weighted by Gasteiger charge is 2.19. The summed E-state index contributed by atoms with van der Waals surface area (Å²) in [5.41, 5.74) is 6.26. The van der Waals surface area contributed by atoms with Gasteiger partial charge in [-0.2, -0.15) is 0 Å². The molecule has 2 aromatic heterocycles. The maximum absolute atomic E-state index is 11.4. The van der Waals surface area contributed by atoms with Crippen molar-refractivity contribution in [3.63, 3.8) is 0 Å². The van der Waals surface area contributed by atoms with Crippen LogP contribution >= 0.6 is 0 Å². The second-order valence-electron chi connectivity index (χ2n) is 8.69. The van der Waals surface area contributed by atoms with Crippen LogP contribution in [0.25, 0.3) is 10.9 Å². The summed E-state index contributed by atoms with van der Waals surface area (Å²) in [4.78, 5) is 11.6. The minimum atomic E-state index is -3.25. The first-order valence-corrected chi connectivity index (χ1v) is 13.2. The van der Waals surface area contributed by atoms with Crippen molar-refractivity contribution in [3.05, 3.63) is 89.7 Å². The Balaban J connectivity index is 1.23. The number of anilines is 3. The number of hydrogen-bond donors (Lipinski definition) is 2. The van der Waals surface area contributed by atoms with Gasteiger partial charge in [-0.3, -0.25) is 14.6 Å². The molecule has 0 aliphatic carbocycles. The Hall–Kier alpha value is -3.49. The Bertz CT molecular complexity index is 1420. The van der Waals surface area contributed by atoms with Crippen LogP contribution in [0.1, 0.15) is 16.7 Å². The van der Waals surface area contributed by atoms with Gasteiger partial charge in [0, 0.05) is 42.5 Å². The first kappa shape index (κ1) is 22.3. The lowest BCUT2D eigenvalue weighted by molar-refractivity contribution is 0.257. The van der Waals surface area contributed by atoms with Crippen LogP contribution in [0.2, 0.25) is 0 Å². The van der Waals surface area contributed by atoms with Crippen LogP contribution in [0.3, 0.4) is 0 Å². The molecule has 0 spiro atoms. The van der Waals surface area contributed by atoms with Gasteiger partial charge in [0.25, 0.3) is 0 Å². The normalized spacial score (nSPS) is 14.0. The third-order valence-corrected chi connectivity index (χ3v) is 6.66. The molecule has 0 bridgehead atoms. The molecule has 1 aliphatic rings. The molecule has 0 unspecified atom stereocenters. The molecule has 5 rings (SSSR count). The molecule has 0 radical (unpaired) electrons. The first-order chi connectivity index (χ1) is 16.4. The van der Waals surface area contributed by atoms with Gasteiger partial charge in [-0.1, -0.05) is 30.3 Å². The van der Waals surface area contributed by atoms with Gasteiger partial charge >= 0.3 is 0 Å². The maximum atomic E-state index is 11.4. The molecule has 174 valence electrons. The first-order valence-electron chi connectivity index (χ1n) is 11.3. The van der Waals surface area contributed by atoms with E-state index in [1.54, 1.807) is 0 Å². The number of fused-ring (bicyclic) bond motifs is 2. The van der Waals surface area contributed by atoms with Crippen molar-refractivity contribution in [3.8, 4) is 0 Å². The van der Waals surface area contributed by atoms with Gasteiger partial charge in [-0.25, -0.2) is 13.4 Å². The molecule has 1 aliphatic heterocycles. The highest BCUT2D eigenvalue weighted by atomic mass is 32.2. The van der Waals surface area contributed by atoms with E-state index >= 15 is 0 Å². The number of sulfonamides is 1. The zero-order chi connectivity index (χ0) is 23.5. The van der Waals surface area contributed by atoms with Gasteiger partial charge < -0.3 is 5.32 Å². The lowest BCUT2D eigenvalue weighted by Gasteiger charge is -2.29. The fourth-order valence-corrected chi connectivity index (χ4v) is 4.93. The second-order valence-corrected chi connectivity index (χ2v) is 10.4. The third-order valence-electron chi connectivity index (χ3n) is 6.05. The number of rotatable bonds is 7. The molecule has 34 heavy (non-hydrogen) atoms. The molecule has 0 saturated carbocycles. The van der Waals surface area contributed by atoms with E-state index in [1.807, 2.05) is 54.9 Å². The minimum Gasteiger partial charge on any atom is -0.339 e. The minimum absolute atomic E-state index is 0.590. The average molecular weight is 474 g/mol. The number of benzene rings is 2. The van der Waals surface area contributed by atoms with E-state index in [1.165, 1.54) is 16.7 Å². The summed E-state index contributed by atoms with van der Waals surface area (Å²) < 4.78 is 25.2. The second kappa shape index (κ2) is 9.40. The van der Waals surface area contributed by atoms with Crippen LogP contribution in [-0.4, -0.2) is 42.6 Å². The molecular weight excluding hydrogens is 446 g/mol. The monoisotopic (exact) mass is 473 g/mol. The predicted molar refractivity (Wildman–Crippen MR) is 137 cm³/mol. The van der Waals surface area contributed by atoms with Crippen molar-refractivity contribution in [2.45, 2.75) is 19.4 Å². The molecule has 8 heteroatoms. The number of hydrogen-bond acceptors (Lipinski definition) is 6. The molecular formula is C26H27N5O2S. The van der Waals surface area contributed by atoms with Gasteiger partial charge in [0.05, 0.1) is 23.7 Å². The van der Waals surface area contributed by atoms with E-state index in [0.29, 0.717) is 5.69 Å². The van der Waals surface area contributed by atoms with Crippen molar-refractivity contribution >= 4 is 38.1 Å². The molecule has 4 aromatic rings. The summed E-state index contributed by atoms with van der Waals surface area (Å²) in [6.45, 7) is 2.80. The quantitative estimate of drug-likeness (QED) is 0.415. The van der Waals surface area contributed by atoms with Crippen LogP contribution in [0, 0.1) is 0 Å². The summed E-state index contributed by atoms with van der Waals surface area (Å²) in [5.74, 6) is 0.906. The van der Waals surface area contributed by atoms with Crippen LogP contribution in [0.4, 0.5) is 17.2 Å². The van der Waals surface area contributed by atoms with Crippen molar-refractivity contribution in [2.24, 2.45) is 0 Å². The SMILES string of the molecule is CS(=O)(=O)Nc1ccc(CCN2CCc3c(ccnc3Nc3cnc4ccccc4c3)C2)cc1.